The fourth-order valence-corrected chi connectivity index (χ4v) is 7.19. The number of rotatable bonds is 5. The normalized spacial score (nSPS) is 25.3. The van der Waals surface area contributed by atoms with E-state index in [2.05, 4.69) is 11.9 Å². The summed E-state index contributed by atoms with van der Waals surface area (Å²) >= 11 is 1.32. The molecule has 2 heterocycles. The van der Waals surface area contributed by atoms with Crippen LogP contribution in [-0.4, -0.2) is 37.8 Å². The third-order valence-corrected chi connectivity index (χ3v) is 8.92. The zero-order valence-electron chi connectivity index (χ0n) is 14.9. The molecule has 7 heteroatoms. The van der Waals surface area contributed by atoms with Crippen LogP contribution in [0.25, 0.3) is 10.4 Å². The molecule has 1 amide bonds. The molecule has 0 spiro atoms. The number of hydrogen-bond acceptors (Lipinski definition) is 4. The van der Waals surface area contributed by atoms with Gasteiger partial charge in [-0.2, -0.15) is 4.31 Å². The maximum Gasteiger partial charge on any atom is 0.252 e. The van der Waals surface area contributed by atoms with Crippen molar-refractivity contribution in [3.05, 3.63) is 55.1 Å². The summed E-state index contributed by atoms with van der Waals surface area (Å²) in [6.45, 7) is 4.55. The molecule has 5 nitrogen and oxygen atoms in total. The van der Waals surface area contributed by atoms with E-state index in [1.165, 1.54) is 17.4 Å². The Bertz CT molecular complexity index is 939. The maximum absolute atomic E-state index is 13.1. The van der Waals surface area contributed by atoms with E-state index in [9.17, 15) is 13.2 Å². The van der Waals surface area contributed by atoms with E-state index in [1.54, 1.807) is 10.4 Å². The summed E-state index contributed by atoms with van der Waals surface area (Å²) in [5.74, 6) is 0.461. The lowest BCUT2D eigenvalue weighted by Gasteiger charge is -2.18. The van der Waals surface area contributed by atoms with Gasteiger partial charge in [-0.25, -0.2) is 8.42 Å². The van der Waals surface area contributed by atoms with Crippen molar-refractivity contribution < 1.29 is 13.2 Å². The van der Waals surface area contributed by atoms with Gasteiger partial charge in [-0.1, -0.05) is 36.9 Å². The predicted octanol–water partition coefficient (Wildman–Crippen LogP) is 3.12. The summed E-state index contributed by atoms with van der Waals surface area (Å²) in [6, 6.07) is 13.5. The van der Waals surface area contributed by atoms with Crippen LogP contribution in [0.2, 0.25) is 0 Å². The van der Waals surface area contributed by atoms with E-state index < -0.39 is 10.0 Å². The highest BCUT2D eigenvalue weighted by atomic mass is 32.2. The van der Waals surface area contributed by atoms with Gasteiger partial charge < -0.3 is 5.32 Å². The largest absolute Gasteiger partial charge is 0.350 e. The Morgan fingerprint density at radius 3 is 2.41 bits per heavy atom. The van der Waals surface area contributed by atoms with Crippen molar-refractivity contribution in [2.45, 2.75) is 23.1 Å². The van der Waals surface area contributed by atoms with Gasteiger partial charge in [0, 0.05) is 24.0 Å². The Hall–Kier alpha value is -1.96. The van der Waals surface area contributed by atoms with Gasteiger partial charge in [0.2, 0.25) is 5.91 Å². The molecule has 1 aliphatic heterocycles. The maximum atomic E-state index is 13.1. The summed E-state index contributed by atoms with van der Waals surface area (Å²) in [4.78, 5) is 12.4. The average molecular weight is 403 g/mol. The van der Waals surface area contributed by atoms with Crippen molar-refractivity contribution in [1.82, 2.24) is 9.62 Å². The molecule has 2 unspecified atom stereocenters. The van der Waals surface area contributed by atoms with Crippen LogP contribution in [0.15, 0.2) is 59.3 Å². The Labute approximate surface area is 163 Å². The van der Waals surface area contributed by atoms with Crippen LogP contribution < -0.4 is 5.32 Å². The number of carbonyl (C=O) groups is 1. The monoisotopic (exact) mass is 402 g/mol. The zero-order valence-corrected chi connectivity index (χ0v) is 16.5. The number of thiophene rings is 1. The van der Waals surface area contributed by atoms with E-state index in [-0.39, 0.29) is 11.9 Å². The molecule has 1 aromatic carbocycles. The molecule has 1 saturated heterocycles. The Morgan fingerprint density at radius 1 is 1.11 bits per heavy atom. The first-order valence-electron chi connectivity index (χ1n) is 9.05. The van der Waals surface area contributed by atoms with Crippen molar-refractivity contribution >= 4 is 27.3 Å². The van der Waals surface area contributed by atoms with Gasteiger partial charge in [0.1, 0.15) is 4.21 Å². The minimum Gasteiger partial charge on any atom is -0.350 e. The van der Waals surface area contributed by atoms with Crippen molar-refractivity contribution in [3.63, 3.8) is 0 Å². The van der Waals surface area contributed by atoms with Gasteiger partial charge >= 0.3 is 0 Å². The fraction of sp³-hybridized carbons (Fsp3) is 0.350. The first-order chi connectivity index (χ1) is 13.0. The smallest absolute Gasteiger partial charge is 0.252 e. The highest BCUT2D eigenvalue weighted by Crippen LogP contribution is 2.41. The SMILES string of the molecule is C=CC(=O)NC1CC2CN(S(=O)(=O)c3ccc(-c4ccccc4)s3)CC2C1. The van der Waals surface area contributed by atoms with Gasteiger partial charge in [-0.3, -0.25) is 4.79 Å². The second-order valence-corrected chi connectivity index (χ2v) is 10.5. The summed E-state index contributed by atoms with van der Waals surface area (Å²) in [5.41, 5.74) is 1.03. The van der Waals surface area contributed by atoms with E-state index in [0.29, 0.717) is 29.1 Å². The van der Waals surface area contributed by atoms with Crippen LogP contribution in [0, 0.1) is 11.8 Å². The number of carbonyl (C=O) groups excluding carboxylic acids is 1. The number of nitrogens with zero attached hydrogens (tertiary/aromatic N) is 1. The number of sulfonamides is 1. The lowest BCUT2D eigenvalue weighted by atomic mass is 10.0. The van der Waals surface area contributed by atoms with E-state index in [4.69, 9.17) is 0 Å². The van der Waals surface area contributed by atoms with Crippen LogP contribution in [0.5, 0.6) is 0 Å². The first-order valence-corrected chi connectivity index (χ1v) is 11.3. The molecule has 2 aromatic rings. The van der Waals surface area contributed by atoms with E-state index in [1.807, 2.05) is 36.4 Å². The van der Waals surface area contributed by atoms with Crippen LogP contribution in [0.3, 0.4) is 0 Å². The van der Waals surface area contributed by atoms with Crippen LogP contribution in [0.1, 0.15) is 12.8 Å². The molecule has 2 fully saturated rings. The average Bonchev–Trinajstić information content (AvgIpc) is 3.37. The highest BCUT2D eigenvalue weighted by molar-refractivity contribution is 7.91. The van der Waals surface area contributed by atoms with Gasteiger partial charge in [0.25, 0.3) is 10.0 Å². The Kier molecular flexibility index (Phi) is 4.92. The summed E-state index contributed by atoms with van der Waals surface area (Å²) in [6.07, 6.45) is 2.94. The summed E-state index contributed by atoms with van der Waals surface area (Å²) in [7, 11) is -3.46. The van der Waals surface area contributed by atoms with Crippen LogP contribution >= 0.6 is 11.3 Å². The number of nitrogens with one attached hydrogen (secondary N) is 1. The number of amides is 1. The number of fused-ring (bicyclic) bond motifs is 1. The zero-order chi connectivity index (χ0) is 19.0. The second-order valence-electron chi connectivity index (χ2n) is 7.21. The van der Waals surface area contributed by atoms with Gasteiger partial charge in [-0.15, -0.1) is 11.3 Å². The van der Waals surface area contributed by atoms with Gasteiger partial charge in [0.15, 0.2) is 0 Å². The number of hydrogen-bond donors (Lipinski definition) is 1. The molecule has 1 N–H and O–H groups in total. The van der Waals surface area contributed by atoms with Gasteiger partial charge in [0.05, 0.1) is 0 Å². The molecular formula is C20H22N2O3S2. The van der Waals surface area contributed by atoms with Crippen molar-refractivity contribution in [1.29, 1.82) is 0 Å². The molecule has 27 heavy (non-hydrogen) atoms. The minimum atomic E-state index is -3.46. The number of benzene rings is 1. The minimum absolute atomic E-state index is 0.127. The first kappa shape index (κ1) is 18.4. The lowest BCUT2D eigenvalue weighted by Crippen LogP contribution is -2.35. The van der Waals surface area contributed by atoms with E-state index >= 15 is 0 Å². The molecule has 1 saturated carbocycles. The third kappa shape index (κ3) is 3.59. The molecule has 1 aromatic heterocycles. The lowest BCUT2D eigenvalue weighted by molar-refractivity contribution is -0.117. The summed E-state index contributed by atoms with van der Waals surface area (Å²) < 4.78 is 28.2. The van der Waals surface area contributed by atoms with Crippen LogP contribution in [0.4, 0.5) is 0 Å². The topological polar surface area (TPSA) is 66.5 Å². The Balaban J connectivity index is 1.45. The molecule has 2 aliphatic rings. The van der Waals surface area contributed by atoms with E-state index in [0.717, 1.165) is 23.3 Å². The highest BCUT2D eigenvalue weighted by Gasteiger charge is 2.45. The fourth-order valence-electron chi connectivity index (χ4n) is 4.17. The second kappa shape index (κ2) is 7.22. The van der Waals surface area contributed by atoms with Crippen LogP contribution in [-0.2, 0) is 14.8 Å². The van der Waals surface area contributed by atoms with Crippen molar-refractivity contribution in [2.75, 3.05) is 13.1 Å². The standard InChI is InChI=1S/C20H22N2O3S2/c1-2-19(23)21-17-10-15-12-22(13-16(15)11-17)27(24,25)20-9-8-18(26-20)14-6-4-3-5-7-14/h2-9,15-17H,1,10-13H2,(H,21,23). The van der Waals surface area contributed by atoms with Gasteiger partial charge in [-0.05, 0) is 48.4 Å². The molecule has 0 radical (unpaired) electrons. The summed E-state index contributed by atoms with van der Waals surface area (Å²) in [5, 5.41) is 2.94. The Morgan fingerprint density at radius 2 is 1.78 bits per heavy atom. The molecule has 142 valence electrons. The predicted molar refractivity (Wildman–Crippen MR) is 107 cm³/mol. The van der Waals surface area contributed by atoms with Crippen molar-refractivity contribution in [3.8, 4) is 10.4 Å². The van der Waals surface area contributed by atoms with Crippen molar-refractivity contribution in [2.24, 2.45) is 11.8 Å². The quantitative estimate of drug-likeness (QED) is 0.782. The molecular weight excluding hydrogens is 380 g/mol. The molecule has 2 atom stereocenters. The third-order valence-electron chi connectivity index (χ3n) is 5.48. The molecule has 4 rings (SSSR count). The molecule has 1 aliphatic carbocycles. The molecule has 0 bridgehead atoms.